The molecule has 1 aliphatic rings. The molecule has 1 aromatic heterocycles. The lowest BCUT2D eigenvalue weighted by atomic mass is 9.89. The quantitative estimate of drug-likeness (QED) is 0.510. The number of oxazole rings is 1. The van der Waals surface area contributed by atoms with Crippen LogP contribution in [0.1, 0.15) is 38.2 Å². The molecular weight excluding hydrogens is 402 g/mol. The third-order valence-electron chi connectivity index (χ3n) is 6.19. The minimum atomic E-state index is -0.0273. The molecule has 0 bridgehead atoms. The minimum absolute atomic E-state index is 0.0273. The van der Waals surface area contributed by atoms with Crippen LogP contribution in [0.25, 0.3) is 11.1 Å². The predicted octanol–water partition coefficient (Wildman–Crippen LogP) is 4.52. The van der Waals surface area contributed by atoms with Gasteiger partial charge in [-0.2, -0.15) is 0 Å². The largest absolute Gasteiger partial charge is 0.443 e. The summed E-state index contributed by atoms with van der Waals surface area (Å²) in [5.41, 5.74) is 4.56. The summed E-state index contributed by atoms with van der Waals surface area (Å²) in [6, 6.07) is 14.4. The summed E-state index contributed by atoms with van der Waals surface area (Å²) in [5, 5.41) is 6.79. The lowest BCUT2D eigenvalue weighted by Gasteiger charge is -2.37. The Bertz CT molecular complexity index is 1080. The lowest BCUT2D eigenvalue weighted by molar-refractivity contribution is -0.126. The Labute approximate surface area is 188 Å². The second-order valence-corrected chi connectivity index (χ2v) is 8.20. The summed E-state index contributed by atoms with van der Waals surface area (Å²) < 4.78 is 5.32. The Balaban J connectivity index is 1.36. The van der Waals surface area contributed by atoms with Crippen LogP contribution in [0.15, 0.2) is 58.3 Å². The number of hydrogen-bond acceptors (Lipinski definition) is 6. The van der Waals surface area contributed by atoms with E-state index in [9.17, 15) is 4.79 Å². The second-order valence-electron chi connectivity index (χ2n) is 8.20. The topological polar surface area (TPSA) is 82.8 Å². The van der Waals surface area contributed by atoms with Gasteiger partial charge in [0, 0.05) is 32.2 Å². The molecule has 2 atom stereocenters. The average Bonchev–Trinajstić information content (AvgIpc) is 3.30. The Hall–Kier alpha value is -3.19. The minimum Gasteiger partial charge on any atom is -0.443 e. The van der Waals surface area contributed by atoms with Crippen LogP contribution in [-0.4, -0.2) is 47.7 Å². The average molecular weight is 434 g/mol. The van der Waals surface area contributed by atoms with Gasteiger partial charge in [0.05, 0.1) is 17.6 Å². The van der Waals surface area contributed by atoms with Crippen LogP contribution in [0.3, 0.4) is 0 Å². The number of aromatic nitrogens is 1. The van der Waals surface area contributed by atoms with E-state index in [2.05, 4.69) is 32.7 Å². The standard InChI is InChI=1S/C25H31N5O2/c1-3-30(25(31)16-28-22-10-5-4-9-21(22)26-2)20-8-6-7-19(14-20)27-15-18-11-12-24-23(13-18)29-17-32-24/h4-5,9-13,16-17,19-20,26-27H,3,6-8,14-15H2,1-2H3. The van der Waals surface area contributed by atoms with Gasteiger partial charge < -0.3 is 20.0 Å². The number of carbonyl (C=O) groups excluding carboxylic acids is 1. The van der Waals surface area contributed by atoms with Gasteiger partial charge in [0.25, 0.3) is 5.91 Å². The zero-order chi connectivity index (χ0) is 22.3. The number of para-hydroxylation sites is 2. The van der Waals surface area contributed by atoms with Crippen molar-refractivity contribution in [1.82, 2.24) is 15.2 Å². The van der Waals surface area contributed by atoms with Crippen molar-refractivity contribution >= 4 is 34.6 Å². The van der Waals surface area contributed by atoms with Crippen LogP contribution < -0.4 is 10.6 Å². The molecule has 2 unspecified atom stereocenters. The Kier molecular flexibility index (Phi) is 7.17. The van der Waals surface area contributed by atoms with Crippen LogP contribution in [-0.2, 0) is 11.3 Å². The number of rotatable bonds is 8. The highest BCUT2D eigenvalue weighted by molar-refractivity contribution is 6.26. The molecule has 7 heteroatoms. The molecule has 1 amide bonds. The Morgan fingerprint density at radius 1 is 1.28 bits per heavy atom. The SMILES string of the molecule is CCN(C(=O)C=Nc1ccccc1NC)C1CCCC(NCc2ccc3ocnc3c2)C1. The summed E-state index contributed by atoms with van der Waals surface area (Å²) >= 11 is 0. The molecule has 1 saturated carbocycles. The fourth-order valence-corrected chi connectivity index (χ4v) is 4.50. The van der Waals surface area contributed by atoms with Crippen molar-refractivity contribution < 1.29 is 9.21 Å². The number of carbonyl (C=O) groups is 1. The summed E-state index contributed by atoms with van der Waals surface area (Å²) in [6.45, 7) is 3.50. The van der Waals surface area contributed by atoms with Crippen molar-refractivity contribution in [3.8, 4) is 0 Å². The zero-order valence-electron chi connectivity index (χ0n) is 18.8. The van der Waals surface area contributed by atoms with Crippen molar-refractivity contribution in [2.45, 2.75) is 51.2 Å². The molecule has 0 aliphatic heterocycles. The highest BCUT2D eigenvalue weighted by atomic mass is 16.3. The predicted molar refractivity (Wildman–Crippen MR) is 128 cm³/mol. The molecule has 2 aromatic carbocycles. The monoisotopic (exact) mass is 433 g/mol. The molecule has 1 aliphatic carbocycles. The Morgan fingerprint density at radius 3 is 3.00 bits per heavy atom. The van der Waals surface area contributed by atoms with E-state index in [1.807, 2.05) is 49.2 Å². The summed E-state index contributed by atoms with van der Waals surface area (Å²) in [7, 11) is 1.85. The van der Waals surface area contributed by atoms with Crippen molar-refractivity contribution in [1.29, 1.82) is 0 Å². The number of benzene rings is 2. The molecule has 1 fully saturated rings. The summed E-state index contributed by atoms with van der Waals surface area (Å²) in [4.78, 5) is 23.6. The lowest BCUT2D eigenvalue weighted by Crippen LogP contribution is -2.47. The maximum atomic E-state index is 13.0. The van der Waals surface area contributed by atoms with Crippen LogP contribution in [0.4, 0.5) is 11.4 Å². The molecule has 168 valence electrons. The van der Waals surface area contributed by atoms with E-state index >= 15 is 0 Å². The van der Waals surface area contributed by atoms with Gasteiger partial charge in [0.1, 0.15) is 5.52 Å². The smallest absolute Gasteiger partial charge is 0.265 e. The van der Waals surface area contributed by atoms with Gasteiger partial charge >= 0.3 is 0 Å². The van der Waals surface area contributed by atoms with Gasteiger partial charge in [-0.05, 0) is 62.4 Å². The first-order valence-electron chi connectivity index (χ1n) is 11.3. The number of aliphatic imine (C=N–C) groups is 1. The highest BCUT2D eigenvalue weighted by Gasteiger charge is 2.28. The molecule has 7 nitrogen and oxygen atoms in total. The van der Waals surface area contributed by atoms with Gasteiger partial charge in [-0.3, -0.25) is 4.79 Å². The van der Waals surface area contributed by atoms with Crippen molar-refractivity contribution in [3.05, 3.63) is 54.4 Å². The third kappa shape index (κ3) is 5.16. The molecule has 2 N–H and O–H groups in total. The van der Waals surface area contributed by atoms with Gasteiger partial charge in [-0.15, -0.1) is 0 Å². The number of hydrogen-bond donors (Lipinski definition) is 2. The maximum Gasteiger partial charge on any atom is 0.265 e. The van der Waals surface area contributed by atoms with E-state index < -0.39 is 0 Å². The van der Waals surface area contributed by atoms with E-state index in [-0.39, 0.29) is 11.9 Å². The Morgan fingerprint density at radius 2 is 2.16 bits per heavy atom. The number of amides is 1. The van der Waals surface area contributed by atoms with E-state index in [0.717, 1.165) is 54.7 Å². The van der Waals surface area contributed by atoms with Gasteiger partial charge in [0.15, 0.2) is 12.0 Å². The fourth-order valence-electron chi connectivity index (χ4n) is 4.50. The second kappa shape index (κ2) is 10.4. The van der Waals surface area contributed by atoms with Crippen LogP contribution in [0.5, 0.6) is 0 Å². The van der Waals surface area contributed by atoms with E-state index in [1.165, 1.54) is 18.2 Å². The molecule has 0 saturated heterocycles. The van der Waals surface area contributed by atoms with Gasteiger partial charge in [0.2, 0.25) is 0 Å². The molecular formula is C25H31N5O2. The third-order valence-corrected chi connectivity index (χ3v) is 6.19. The number of fused-ring (bicyclic) bond motifs is 1. The van der Waals surface area contributed by atoms with E-state index in [4.69, 9.17) is 4.42 Å². The summed E-state index contributed by atoms with van der Waals surface area (Å²) in [5.74, 6) is -0.0273. The normalized spacial score (nSPS) is 18.8. The molecule has 0 spiro atoms. The van der Waals surface area contributed by atoms with Crippen LogP contribution >= 0.6 is 0 Å². The first-order valence-corrected chi connectivity index (χ1v) is 11.3. The maximum absolute atomic E-state index is 13.0. The molecule has 0 radical (unpaired) electrons. The van der Waals surface area contributed by atoms with Gasteiger partial charge in [-0.25, -0.2) is 9.98 Å². The molecule has 4 rings (SSSR count). The van der Waals surface area contributed by atoms with E-state index in [1.54, 1.807) is 0 Å². The molecule has 3 aromatic rings. The van der Waals surface area contributed by atoms with Crippen molar-refractivity contribution in [2.24, 2.45) is 4.99 Å². The van der Waals surface area contributed by atoms with E-state index in [0.29, 0.717) is 12.6 Å². The first-order chi connectivity index (χ1) is 15.7. The fraction of sp³-hybridized carbons (Fsp3) is 0.400. The van der Waals surface area contributed by atoms with Crippen LogP contribution in [0, 0.1) is 0 Å². The molecule has 1 heterocycles. The summed E-state index contributed by atoms with van der Waals surface area (Å²) in [6.07, 6.45) is 7.15. The zero-order valence-corrected chi connectivity index (χ0v) is 18.8. The highest BCUT2D eigenvalue weighted by Crippen LogP contribution is 2.25. The van der Waals surface area contributed by atoms with Crippen molar-refractivity contribution in [3.63, 3.8) is 0 Å². The number of nitrogens with zero attached hydrogens (tertiary/aromatic N) is 3. The molecule has 32 heavy (non-hydrogen) atoms. The van der Waals surface area contributed by atoms with Crippen molar-refractivity contribution in [2.75, 3.05) is 18.9 Å². The first kappa shape index (κ1) is 22.0. The number of anilines is 1. The number of nitrogens with one attached hydrogen (secondary N) is 2. The van der Waals surface area contributed by atoms with Crippen LogP contribution in [0.2, 0.25) is 0 Å². The van der Waals surface area contributed by atoms with Gasteiger partial charge in [-0.1, -0.05) is 18.2 Å².